The highest BCUT2D eigenvalue weighted by molar-refractivity contribution is 7.93. The Morgan fingerprint density at radius 1 is 1.05 bits per heavy atom. The fraction of sp³-hybridized carbons (Fsp3) is 0.429. The normalized spacial score (nSPS) is 18.9. The smallest absolute Gasteiger partial charge is 0.270 e. The van der Waals surface area contributed by atoms with E-state index in [-0.39, 0.29) is 52.9 Å². The second-order valence-corrected chi connectivity index (χ2v) is 12.5. The molecule has 0 bridgehead atoms. The Bertz CT molecular complexity index is 1750. The fourth-order valence-electron chi connectivity index (χ4n) is 5.39. The molecule has 2 fully saturated rings. The molecule has 2 aromatic carbocycles. The standard InChI is InChI=1S/C28H32F2N6O6S/c1-36-8-7-28(29,30)18(14-36)16-9-23(40-3)26(24(10-16)41-4)43(37,38)35-27-17-11-22(39-2)20(12-21(17)42-34-27)31-25-13-19(32-33-25)15-5-6-15/h9-13,15,18H,5-8,14H2,1-4H3,(H,34,35)(H2,31,32,33). The number of anilines is 3. The van der Waals surface area contributed by atoms with E-state index in [1.807, 2.05) is 6.07 Å². The maximum absolute atomic E-state index is 14.9. The van der Waals surface area contributed by atoms with Crippen LogP contribution in [0.2, 0.25) is 0 Å². The predicted octanol–water partition coefficient (Wildman–Crippen LogP) is 5.05. The Hall–Kier alpha value is -4.11. The van der Waals surface area contributed by atoms with Gasteiger partial charge in [0.05, 0.1) is 38.3 Å². The van der Waals surface area contributed by atoms with Gasteiger partial charge >= 0.3 is 0 Å². The van der Waals surface area contributed by atoms with E-state index in [4.69, 9.17) is 18.7 Å². The van der Waals surface area contributed by atoms with Crippen molar-refractivity contribution in [3.8, 4) is 17.2 Å². The third-order valence-corrected chi connectivity index (χ3v) is 9.29. The Morgan fingerprint density at radius 2 is 1.74 bits per heavy atom. The average molecular weight is 619 g/mol. The fourth-order valence-corrected chi connectivity index (χ4v) is 6.71. The molecular weight excluding hydrogens is 586 g/mol. The first-order chi connectivity index (χ1) is 20.5. The second-order valence-electron chi connectivity index (χ2n) is 10.9. The lowest BCUT2D eigenvalue weighted by Gasteiger charge is -2.37. The van der Waals surface area contributed by atoms with Crippen LogP contribution >= 0.6 is 0 Å². The lowest BCUT2D eigenvalue weighted by molar-refractivity contribution is -0.0713. The van der Waals surface area contributed by atoms with Crippen molar-refractivity contribution in [1.29, 1.82) is 0 Å². The number of alkyl halides is 2. The summed E-state index contributed by atoms with van der Waals surface area (Å²) in [6, 6.07) is 7.78. The molecule has 1 aliphatic heterocycles. The molecule has 3 heterocycles. The van der Waals surface area contributed by atoms with Crippen molar-refractivity contribution in [3.05, 3.63) is 41.6 Å². The third-order valence-electron chi connectivity index (χ3n) is 7.89. The van der Waals surface area contributed by atoms with Gasteiger partial charge in [-0.25, -0.2) is 17.2 Å². The molecule has 0 radical (unpaired) electrons. The zero-order valence-electron chi connectivity index (χ0n) is 24.0. The highest BCUT2D eigenvalue weighted by Gasteiger charge is 2.45. The Balaban J connectivity index is 1.32. The van der Waals surface area contributed by atoms with Crippen molar-refractivity contribution in [2.75, 3.05) is 51.5 Å². The molecule has 230 valence electrons. The number of ether oxygens (including phenoxy) is 3. The molecule has 3 N–H and O–H groups in total. The van der Waals surface area contributed by atoms with Crippen molar-refractivity contribution >= 4 is 38.3 Å². The zero-order chi connectivity index (χ0) is 30.5. The first-order valence-corrected chi connectivity index (χ1v) is 15.2. The molecule has 1 aliphatic carbocycles. The summed E-state index contributed by atoms with van der Waals surface area (Å²) < 4.78 is 81.5. The van der Waals surface area contributed by atoms with Crippen LogP contribution in [0, 0.1) is 0 Å². The summed E-state index contributed by atoms with van der Waals surface area (Å²) in [5.41, 5.74) is 2.08. The summed E-state index contributed by atoms with van der Waals surface area (Å²) in [4.78, 5) is 1.44. The van der Waals surface area contributed by atoms with Crippen LogP contribution in [0.25, 0.3) is 11.0 Å². The van der Waals surface area contributed by atoms with E-state index in [0.717, 1.165) is 18.5 Å². The SMILES string of the molecule is COc1cc2c(NS(=O)(=O)c3c(OC)cc(C4CN(C)CCC4(F)F)cc3OC)noc2cc1Nc1cc(C2CC2)[nH]n1. The molecule has 2 aliphatic rings. The molecule has 1 saturated heterocycles. The van der Waals surface area contributed by atoms with Crippen molar-refractivity contribution in [2.45, 2.75) is 41.9 Å². The van der Waals surface area contributed by atoms with Gasteiger partial charge in [0.15, 0.2) is 22.1 Å². The van der Waals surface area contributed by atoms with E-state index in [0.29, 0.717) is 28.6 Å². The first kappa shape index (κ1) is 29.0. The van der Waals surface area contributed by atoms with Gasteiger partial charge in [0.2, 0.25) is 0 Å². The molecule has 43 heavy (non-hydrogen) atoms. The van der Waals surface area contributed by atoms with Gasteiger partial charge in [0.1, 0.15) is 17.2 Å². The number of fused-ring (bicyclic) bond motifs is 1. The van der Waals surface area contributed by atoms with Crippen LogP contribution in [-0.2, 0) is 10.0 Å². The minimum atomic E-state index is -4.42. The number of piperidine rings is 1. The highest BCUT2D eigenvalue weighted by atomic mass is 32.2. The number of nitrogens with zero attached hydrogens (tertiary/aromatic N) is 3. The van der Waals surface area contributed by atoms with Gasteiger partial charge in [-0.05, 0) is 43.7 Å². The minimum absolute atomic E-state index is 0.0924. The van der Waals surface area contributed by atoms with Crippen LogP contribution < -0.4 is 24.2 Å². The number of rotatable bonds is 10. The number of H-pyrrole nitrogens is 1. The number of methoxy groups -OCH3 is 3. The maximum Gasteiger partial charge on any atom is 0.270 e. The monoisotopic (exact) mass is 618 g/mol. The number of aromatic amines is 1. The zero-order valence-corrected chi connectivity index (χ0v) is 24.8. The number of likely N-dealkylation sites (tertiary alicyclic amines) is 1. The number of halogens is 2. The lowest BCUT2D eigenvalue weighted by atomic mass is 9.87. The topological polar surface area (TPSA) is 144 Å². The van der Waals surface area contributed by atoms with Crippen molar-refractivity contribution < 1.29 is 35.9 Å². The molecule has 15 heteroatoms. The van der Waals surface area contributed by atoms with Crippen LogP contribution in [0.3, 0.4) is 0 Å². The number of benzene rings is 2. The number of likely N-dealkylation sites (N-methyl/N-ethyl adjacent to an activating group) is 1. The highest BCUT2D eigenvalue weighted by Crippen LogP contribution is 2.45. The van der Waals surface area contributed by atoms with Crippen LogP contribution in [-0.4, -0.2) is 76.1 Å². The largest absolute Gasteiger partial charge is 0.495 e. The molecule has 12 nitrogen and oxygen atoms in total. The quantitative estimate of drug-likeness (QED) is 0.221. The summed E-state index contributed by atoms with van der Waals surface area (Å²) in [6.45, 7) is 0.349. The van der Waals surface area contributed by atoms with Gasteiger partial charge in [-0.3, -0.25) is 9.82 Å². The van der Waals surface area contributed by atoms with Gasteiger partial charge in [0.25, 0.3) is 15.9 Å². The van der Waals surface area contributed by atoms with Crippen molar-refractivity contribution in [2.24, 2.45) is 0 Å². The third kappa shape index (κ3) is 5.54. The van der Waals surface area contributed by atoms with E-state index in [9.17, 15) is 17.2 Å². The number of hydrogen-bond acceptors (Lipinski definition) is 10. The Labute approximate surface area is 246 Å². The number of nitrogens with one attached hydrogen (secondary N) is 3. The summed E-state index contributed by atoms with van der Waals surface area (Å²) >= 11 is 0. The van der Waals surface area contributed by atoms with Gasteiger partial charge in [-0.15, -0.1) is 0 Å². The van der Waals surface area contributed by atoms with Gasteiger partial charge < -0.3 is 29.0 Å². The van der Waals surface area contributed by atoms with E-state index >= 15 is 0 Å². The molecule has 2 aromatic heterocycles. The maximum atomic E-state index is 14.9. The van der Waals surface area contributed by atoms with E-state index in [2.05, 4.69) is 25.4 Å². The van der Waals surface area contributed by atoms with Crippen LogP contribution in [0.5, 0.6) is 17.2 Å². The molecule has 1 saturated carbocycles. The Morgan fingerprint density at radius 3 is 2.40 bits per heavy atom. The van der Waals surface area contributed by atoms with Crippen LogP contribution in [0.15, 0.2) is 39.8 Å². The van der Waals surface area contributed by atoms with Crippen LogP contribution in [0.1, 0.15) is 42.4 Å². The Kier molecular flexibility index (Phi) is 7.32. The predicted molar refractivity (Wildman–Crippen MR) is 155 cm³/mol. The minimum Gasteiger partial charge on any atom is -0.495 e. The van der Waals surface area contributed by atoms with Gasteiger partial charge in [-0.1, -0.05) is 5.16 Å². The number of hydrogen-bond donors (Lipinski definition) is 3. The molecule has 0 spiro atoms. The summed E-state index contributed by atoms with van der Waals surface area (Å²) in [6.07, 6.45) is 1.94. The van der Waals surface area contributed by atoms with Crippen molar-refractivity contribution in [1.82, 2.24) is 20.3 Å². The van der Waals surface area contributed by atoms with Crippen molar-refractivity contribution in [3.63, 3.8) is 0 Å². The molecule has 0 amide bonds. The number of sulfonamides is 1. The van der Waals surface area contributed by atoms with E-state index in [1.165, 1.54) is 33.5 Å². The molecule has 4 aromatic rings. The summed E-state index contributed by atoms with van der Waals surface area (Å²) in [5, 5.41) is 14.8. The van der Waals surface area contributed by atoms with Gasteiger partial charge in [0, 0.05) is 43.3 Å². The average Bonchev–Trinajstić information content (AvgIpc) is 3.62. The summed E-state index contributed by atoms with van der Waals surface area (Å²) in [5.74, 6) is -3.06. The summed E-state index contributed by atoms with van der Waals surface area (Å²) in [7, 11) is 1.36. The molecule has 6 rings (SSSR count). The molecular formula is C28H32F2N6O6S. The van der Waals surface area contributed by atoms with Gasteiger partial charge in [-0.2, -0.15) is 5.10 Å². The second kappa shape index (κ2) is 10.9. The van der Waals surface area contributed by atoms with Crippen LogP contribution in [0.4, 0.5) is 26.1 Å². The molecule has 1 unspecified atom stereocenters. The number of aromatic nitrogens is 3. The van der Waals surface area contributed by atoms with E-state index < -0.39 is 21.9 Å². The molecule has 1 atom stereocenters. The lowest BCUT2D eigenvalue weighted by Crippen LogP contribution is -2.43. The van der Waals surface area contributed by atoms with E-state index in [1.54, 1.807) is 24.1 Å². The first-order valence-electron chi connectivity index (χ1n) is 13.7.